The van der Waals surface area contributed by atoms with Crippen LogP contribution in [0.5, 0.6) is 5.75 Å². The number of halogens is 1. The summed E-state index contributed by atoms with van der Waals surface area (Å²) in [5.41, 5.74) is -1.46. The van der Waals surface area contributed by atoms with Crippen molar-refractivity contribution in [3.63, 3.8) is 0 Å². The standard InChI is InChI=1S/C29H24ClN7O15S5/c1-2-53(39,40)19-7-4-6-18(14-19)36-37-25-23(56(46,47)48)12-16-11-21(55(43,44)45)15-22(24(16)26(25)38)32-29-34-27(30)33-28(35-29)31-17-5-3-8-20(13-17)54(41,42)10-9-52-57(49,50)51/h2-8,11-15,38H,1,9-10H2,(H,43,44,45)(H,46,47,48)(H,49,50,51)(H2,31,32,33,34,35). The number of aromatic hydroxyl groups is 1. The van der Waals surface area contributed by atoms with Gasteiger partial charge in [0.15, 0.2) is 25.4 Å². The fourth-order valence-electron chi connectivity index (χ4n) is 4.77. The summed E-state index contributed by atoms with van der Waals surface area (Å²) in [5.74, 6) is -2.72. The van der Waals surface area contributed by atoms with E-state index in [1.807, 2.05) is 0 Å². The summed E-state index contributed by atoms with van der Waals surface area (Å²) in [7, 11) is -23.3. The van der Waals surface area contributed by atoms with Crippen molar-refractivity contribution in [3.8, 4) is 5.75 Å². The van der Waals surface area contributed by atoms with Crippen LogP contribution in [0.15, 0.2) is 109 Å². The average molecular weight is 906 g/mol. The van der Waals surface area contributed by atoms with Gasteiger partial charge in [0, 0.05) is 16.5 Å². The molecule has 4 aromatic carbocycles. The first-order valence-electron chi connectivity index (χ1n) is 14.9. The number of benzene rings is 4. The lowest BCUT2D eigenvalue weighted by Gasteiger charge is -2.15. The van der Waals surface area contributed by atoms with Gasteiger partial charge in [-0.3, -0.25) is 13.7 Å². The minimum atomic E-state index is -5.26. The highest BCUT2D eigenvalue weighted by Crippen LogP contribution is 2.45. The second-order valence-electron chi connectivity index (χ2n) is 11.1. The molecule has 22 nitrogen and oxygen atoms in total. The van der Waals surface area contributed by atoms with Gasteiger partial charge in [-0.25, -0.2) is 21.0 Å². The Kier molecular flexibility index (Phi) is 12.0. The van der Waals surface area contributed by atoms with Crippen LogP contribution >= 0.6 is 11.6 Å². The fourth-order valence-corrected chi connectivity index (χ4v) is 8.41. The van der Waals surface area contributed by atoms with E-state index in [4.69, 9.17) is 16.2 Å². The van der Waals surface area contributed by atoms with Gasteiger partial charge in [0.05, 0.1) is 38.4 Å². The van der Waals surface area contributed by atoms with Gasteiger partial charge in [0.25, 0.3) is 20.2 Å². The zero-order valence-corrected chi connectivity index (χ0v) is 32.8. The zero-order chi connectivity index (χ0) is 42.1. The van der Waals surface area contributed by atoms with Crippen molar-refractivity contribution in [1.29, 1.82) is 0 Å². The molecule has 0 atom stereocenters. The van der Waals surface area contributed by atoms with Gasteiger partial charge < -0.3 is 15.7 Å². The predicted molar refractivity (Wildman–Crippen MR) is 201 cm³/mol. The molecule has 57 heavy (non-hydrogen) atoms. The van der Waals surface area contributed by atoms with Crippen LogP contribution < -0.4 is 10.6 Å². The first-order chi connectivity index (χ1) is 26.4. The van der Waals surface area contributed by atoms with Crippen molar-refractivity contribution in [3.05, 3.63) is 84.0 Å². The van der Waals surface area contributed by atoms with Crippen molar-refractivity contribution in [1.82, 2.24) is 15.0 Å². The number of sulfone groups is 2. The summed E-state index contributed by atoms with van der Waals surface area (Å²) in [6.45, 7) is 2.34. The summed E-state index contributed by atoms with van der Waals surface area (Å²) < 4.78 is 154. The molecule has 5 aromatic rings. The third-order valence-corrected chi connectivity index (χ3v) is 12.6. The molecule has 0 amide bonds. The van der Waals surface area contributed by atoms with E-state index in [1.54, 1.807) is 0 Å². The molecule has 0 radical (unpaired) electrons. The van der Waals surface area contributed by atoms with Gasteiger partial charge >= 0.3 is 10.4 Å². The van der Waals surface area contributed by atoms with Crippen LogP contribution in [0.25, 0.3) is 10.8 Å². The molecule has 0 saturated heterocycles. The van der Waals surface area contributed by atoms with E-state index in [9.17, 15) is 56.3 Å². The summed E-state index contributed by atoms with van der Waals surface area (Å²) in [4.78, 5) is 9.34. The highest BCUT2D eigenvalue weighted by molar-refractivity contribution is 7.94. The Labute approximate surface area is 328 Å². The molecule has 1 aromatic heterocycles. The van der Waals surface area contributed by atoms with Gasteiger partial charge in [-0.05, 0) is 71.6 Å². The van der Waals surface area contributed by atoms with E-state index < -0.39 is 112 Å². The van der Waals surface area contributed by atoms with Crippen molar-refractivity contribution in [2.75, 3.05) is 23.0 Å². The predicted octanol–water partition coefficient (Wildman–Crippen LogP) is 4.29. The van der Waals surface area contributed by atoms with Gasteiger partial charge in [-0.15, -0.1) is 5.11 Å². The lowest BCUT2D eigenvalue weighted by atomic mass is 10.1. The number of azo groups is 1. The molecule has 302 valence electrons. The second-order valence-corrected chi connectivity index (χ2v) is 19.3. The van der Waals surface area contributed by atoms with Crippen molar-refractivity contribution in [2.24, 2.45) is 10.2 Å². The SMILES string of the molecule is C=CS(=O)(=O)c1cccc(N=Nc2c(S(=O)(=O)O)cc3cc(S(=O)(=O)O)cc(Nc4nc(Cl)nc(Nc5cccc(S(=O)(=O)CCOS(=O)(=O)O)c5)n4)c3c2O)c1. The highest BCUT2D eigenvalue weighted by atomic mass is 35.5. The number of anilines is 4. The molecular formula is C29H24ClN7O15S5. The Morgan fingerprint density at radius 2 is 1.40 bits per heavy atom. The number of aromatic nitrogens is 3. The van der Waals surface area contributed by atoms with E-state index in [-0.39, 0.29) is 27.1 Å². The zero-order valence-electron chi connectivity index (χ0n) is 28.0. The minimum absolute atomic E-state index is 0.0387. The molecule has 0 bridgehead atoms. The molecule has 28 heteroatoms. The summed E-state index contributed by atoms with van der Waals surface area (Å²) >= 11 is 6.11. The van der Waals surface area contributed by atoms with Crippen LogP contribution in [-0.4, -0.2) is 88.2 Å². The van der Waals surface area contributed by atoms with Gasteiger partial charge in [0.2, 0.25) is 17.2 Å². The number of nitrogens with zero attached hydrogens (tertiary/aromatic N) is 5. The monoisotopic (exact) mass is 905 g/mol. The fraction of sp³-hybridized carbons (Fsp3) is 0.0690. The first-order valence-corrected chi connectivity index (χ1v) is 22.8. The number of fused-ring (bicyclic) bond motifs is 1. The number of hydrogen-bond donors (Lipinski definition) is 6. The molecule has 5 rings (SSSR count). The van der Waals surface area contributed by atoms with Crippen LogP contribution in [-0.2, 0) is 54.5 Å². The summed E-state index contributed by atoms with van der Waals surface area (Å²) in [6.07, 6.45) is 0. The van der Waals surface area contributed by atoms with Gasteiger partial charge in [-0.2, -0.15) is 45.3 Å². The number of phenols is 1. The van der Waals surface area contributed by atoms with E-state index in [1.165, 1.54) is 36.4 Å². The van der Waals surface area contributed by atoms with E-state index in [0.29, 0.717) is 11.5 Å². The summed E-state index contributed by atoms with van der Waals surface area (Å²) in [5, 5.41) is 23.6. The number of rotatable bonds is 15. The molecule has 0 fully saturated rings. The lowest BCUT2D eigenvalue weighted by molar-refractivity contribution is 0.284. The van der Waals surface area contributed by atoms with E-state index in [2.05, 4.69) is 46.6 Å². The van der Waals surface area contributed by atoms with Crippen LogP contribution in [0, 0.1) is 0 Å². The topological polar surface area (TPSA) is 348 Å². The lowest BCUT2D eigenvalue weighted by Crippen LogP contribution is -2.15. The maximum Gasteiger partial charge on any atom is 0.397 e. The number of phenolic OH excluding ortho intramolecular Hbond substituents is 1. The maximum atomic E-state index is 12.7. The highest BCUT2D eigenvalue weighted by Gasteiger charge is 2.26. The molecular weight excluding hydrogens is 882 g/mol. The Bertz CT molecular complexity index is 3060. The Morgan fingerprint density at radius 3 is 2.04 bits per heavy atom. The largest absolute Gasteiger partial charge is 0.505 e. The van der Waals surface area contributed by atoms with Crippen molar-refractivity contribution < 1.29 is 65.0 Å². The van der Waals surface area contributed by atoms with Crippen LogP contribution in [0.1, 0.15) is 0 Å². The maximum absolute atomic E-state index is 12.7. The molecule has 0 aliphatic heterocycles. The van der Waals surface area contributed by atoms with Crippen LogP contribution in [0.3, 0.4) is 0 Å². The van der Waals surface area contributed by atoms with E-state index in [0.717, 1.165) is 24.3 Å². The second kappa shape index (κ2) is 16.0. The number of nitrogens with one attached hydrogen (secondary N) is 2. The molecule has 0 spiro atoms. The Morgan fingerprint density at radius 1 is 0.754 bits per heavy atom. The van der Waals surface area contributed by atoms with Crippen molar-refractivity contribution in [2.45, 2.75) is 19.6 Å². The number of hydrogen-bond acceptors (Lipinski definition) is 19. The Hall–Kier alpha value is -5.23. The molecule has 6 N–H and O–H groups in total. The quantitative estimate of drug-likeness (QED) is 0.0630. The normalized spacial score (nSPS) is 12.8. The molecule has 0 aliphatic rings. The summed E-state index contributed by atoms with van der Waals surface area (Å²) in [6, 6.07) is 12.0. The molecule has 0 aliphatic carbocycles. The van der Waals surface area contributed by atoms with Gasteiger partial charge in [0.1, 0.15) is 10.6 Å². The molecule has 0 saturated carbocycles. The van der Waals surface area contributed by atoms with Crippen molar-refractivity contribution >= 4 is 107 Å². The van der Waals surface area contributed by atoms with Gasteiger partial charge in [-0.1, -0.05) is 18.7 Å². The smallest absolute Gasteiger partial charge is 0.397 e. The van der Waals surface area contributed by atoms with Crippen LogP contribution in [0.4, 0.5) is 34.6 Å². The molecule has 0 unspecified atom stereocenters. The Balaban J connectivity index is 1.59. The molecule has 1 heterocycles. The first kappa shape index (κ1) is 42.9. The van der Waals surface area contributed by atoms with Crippen LogP contribution in [0.2, 0.25) is 5.28 Å². The average Bonchev–Trinajstić information content (AvgIpc) is 3.09. The van der Waals surface area contributed by atoms with E-state index >= 15 is 0 Å². The minimum Gasteiger partial charge on any atom is -0.505 e. The third-order valence-electron chi connectivity index (χ3n) is 7.22. The third kappa shape index (κ3) is 10.6.